The number of thioether (sulfide) groups is 1. The van der Waals surface area contributed by atoms with E-state index in [2.05, 4.69) is 10.1 Å². The van der Waals surface area contributed by atoms with E-state index in [1.807, 2.05) is 23.6 Å². The number of thiazole rings is 1. The van der Waals surface area contributed by atoms with Crippen LogP contribution >= 0.6 is 23.1 Å². The van der Waals surface area contributed by atoms with Gasteiger partial charge >= 0.3 is 0 Å². The number of aromatic nitrogens is 3. The highest BCUT2D eigenvalue weighted by Crippen LogP contribution is 2.23. The number of hydrogen-bond donors (Lipinski definition) is 0. The standard InChI is InChI=1S/C18H22N4O2S2/c1-12-19-9-15(26-12)8-17(23)21-5-2-3-14(21)10-22-18(24)7-13-11-25-6-4-16(13)20-22/h7,9,14H,2-6,8,10-11H2,1H3. The summed E-state index contributed by atoms with van der Waals surface area (Å²) in [5.41, 5.74) is 2.06. The lowest BCUT2D eigenvalue weighted by Crippen LogP contribution is -2.41. The first-order valence-corrected chi connectivity index (χ1v) is 11.0. The molecule has 6 nitrogen and oxygen atoms in total. The van der Waals surface area contributed by atoms with Gasteiger partial charge in [0.15, 0.2) is 0 Å². The number of hydrogen-bond acceptors (Lipinski definition) is 6. The lowest BCUT2D eigenvalue weighted by atomic mass is 10.2. The van der Waals surface area contributed by atoms with Crippen molar-refractivity contribution in [1.82, 2.24) is 19.7 Å². The molecule has 0 N–H and O–H groups in total. The Balaban J connectivity index is 1.48. The fraction of sp³-hybridized carbons (Fsp3) is 0.556. The molecule has 2 aromatic rings. The smallest absolute Gasteiger partial charge is 0.267 e. The SMILES string of the molecule is Cc1ncc(CC(=O)N2CCCC2Cn2nc3c(cc2=O)CSCC3)s1. The third-order valence-corrected chi connectivity index (χ3v) is 6.90. The molecule has 0 aromatic carbocycles. The number of likely N-dealkylation sites (tertiary alicyclic amines) is 1. The van der Waals surface area contributed by atoms with Crippen molar-refractivity contribution < 1.29 is 4.79 Å². The lowest BCUT2D eigenvalue weighted by molar-refractivity contribution is -0.131. The van der Waals surface area contributed by atoms with Gasteiger partial charge in [-0.05, 0) is 31.1 Å². The molecule has 2 aliphatic heterocycles. The summed E-state index contributed by atoms with van der Waals surface area (Å²) < 4.78 is 1.57. The second-order valence-electron chi connectivity index (χ2n) is 6.84. The highest BCUT2D eigenvalue weighted by atomic mass is 32.2. The van der Waals surface area contributed by atoms with Gasteiger partial charge in [0.1, 0.15) is 0 Å². The minimum atomic E-state index is -0.0522. The third-order valence-electron chi connectivity index (χ3n) is 4.98. The topological polar surface area (TPSA) is 68.1 Å². The van der Waals surface area contributed by atoms with E-state index in [0.717, 1.165) is 58.5 Å². The molecule has 0 spiro atoms. The summed E-state index contributed by atoms with van der Waals surface area (Å²) in [6, 6.07) is 1.79. The van der Waals surface area contributed by atoms with Crippen LogP contribution in [0.1, 0.15) is 34.0 Å². The second-order valence-corrected chi connectivity index (χ2v) is 9.27. The van der Waals surface area contributed by atoms with Gasteiger partial charge in [-0.25, -0.2) is 9.67 Å². The number of carbonyl (C=O) groups excluding carboxylic acids is 1. The molecule has 1 amide bonds. The number of rotatable bonds is 4. The maximum atomic E-state index is 12.7. The highest BCUT2D eigenvalue weighted by Gasteiger charge is 2.30. The van der Waals surface area contributed by atoms with Crippen LogP contribution in [0.4, 0.5) is 0 Å². The molecule has 1 unspecified atom stereocenters. The molecule has 138 valence electrons. The van der Waals surface area contributed by atoms with Crippen LogP contribution in [0, 0.1) is 6.92 Å². The molecule has 4 heterocycles. The number of fused-ring (bicyclic) bond motifs is 1. The molecule has 0 aliphatic carbocycles. The largest absolute Gasteiger partial charge is 0.338 e. The van der Waals surface area contributed by atoms with Gasteiger partial charge in [-0.1, -0.05) is 0 Å². The minimum Gasteiger partial charge on any atom is -0.338 e. The molecule has 1 saturated heterocycles. The lowest BCUT2D eigenvalue weighted by Gasteiger charge is -2.25. The van der Waals surface area contributed by atoms with Gasteiger partial charge in [-0.3, -0.25) is 9.59 Å². The van der Waals surface area contributed by atoms with Gasteiger partial charge in [0.05, 0.1) is 29.7 Å². The van der Waals surface area contributed by atoms with Gasteiger partial charge in [0, 0.05) is 35.9 Å². The van der Waals surface area contributed by atoms with Crippen LogP contribution in [0.25, 0.3) is 0 Å². The molecule has 2 aliphatic rings. The van der Waals surface area contributed by atoms with Crippen LogP contribution in [0.5, 0.6) is 0 Å². The fourth-order valence-corrected chi connectivity index (χ4v) is 5.41. The molecule has 26 heavy (non-hydrogen) atoms. The summed E-state index contributed by atoms with van der Waals surface area (Å²) in [4.78, 5) is 32.3. The van der Waals surface area contributed by atoms with Gasteiger partial charge in [-0.2, -0.15) is 16.9 Å². The third kappa shape index (κ3) is 3.71. The van der Waals surface area contributed by atoms with E-state index in [-0.39, 0.29) is 17.5 Å². The van der Waals surface area contributed by atoms with Crippen LogP contribution < -0.4 is 5.56 Å². The molecule has 0 radical (unpaired) electrons. The number of amides is 1. The van der Waals surface area contributed by atoms with E-state index in [1.54, 1.807) is 28.3 Å². The van der Waals surface area contributed by atoms with Crippen LogP contribution in [-0.2, 0) is 29.9 Å². The van der Waals surface area contributed by atoms with Crippen LogP contribution in [0.15, 0.2) is 17.1 Å². The first-order chi connectivity index (χ1) is 12.6. The Hall–Kier alpha value is -1.67. The van der Waals surface area contributed by atoms with E-state index in [0.29, 0.717) is 13.0 Å². The average molecular weight is 391 g/mol. The predicted octanol–water partition coefficient (Wildman–Crippen LogP) is 2.03. The van der Waals surface area contributed by atoms with E-state index in [9.17, 15) is 9.59 Å². The molecule has 1 atom stereocenters. The fourth-order valence-electron chi connectivity index (χ4n) is 3.67. The Labute approximate surface area is 160 Å². The molecule has 4 rings (SSSR count). The molecular weight excluding hydrogens is 368 g/mol. The summed E-state index contributed by atoms with van der Waals surface area (Å²) in [6.07, 6.45) is 5.00. The first kappa shape index (κ1) is 17.7. The van der Waals surface area contributed by atoms with Crippen LogP contribution in [0.3, 0.4) is 0 Å². The normalized spacial score (nSPS) is 19.6. The van der Waals surface area contributed by atoms with Gasteiger partial charge in [0.2, 0.25) is 5.91 Å². The number of nitrogens with zero attached hydrogens (tertiary/aromatic N) is 4. The summed E-state index contributed by atoms with van der Waals surface area (Å²) in [6.45, 7) is 3.20. The van der Waals surface area contributed by atoms with E-state index in [4.69, 9.17) is 0 Å². The van der Waals surface area contributed by atoms with E-state index < -0.39 is 0 Å². The zero-order valence-corrected chi connectivity index (χ0v) is 16.4. The molecule has 1 fully saturated rings. The Morgan fingerprint density at radius 3 is 3.12 bits per heavy atom. The van der Waals surface area contributed by atoms with Crippen molar-refractivity contribution in [3.8, 4) is 0 Å². The molecule has 8 heteroatoms. The van der Waals surface area contributed by atoms with Crippen molar-refractivity contribution in [3.63, 3.8) is 0 Å². The van der Waals surface area contributed by atoms with Gasteiger partial charge in [-0.15, -0.1) is 11.3 Å². The monoisotopic (exact) mass is 390 g/mol. The Morgan fingerprint density at radius 2 is 2.31 bits per heavy atom. The maximum absolute atomic E-state index is 12.7. The van der Waals surface area contributed by atoms with Crippen molar-refractivity contribution in [1.29, 1.82) is 0 Å². The first-order valence-electron chi connectivity index (χ1n) is 8.98. The number of aryl methyl sites for hydroxylation is 2. The molecular formula is C18H22N4O2S2. The van der Waals surface area contributed by atoms with Gasteiger partial charge in [0.25, 0.3) is 5.56 Å². The Morgan fingerprint density at radius 1 is 1.42 bits per heavy atom. The van der Waals surface area contributed by atoms with Crippen molar-refractivity contribution >= 4 is 29.0 Å². The summed E-state index contributed by atoms with van der Waals surface area (Å²) in [7, 11) is 0. The second kappa shape index (κ2) is 7.52. The quantitative estimate of drug-likeness (QED) is 0.799. The maximum Gasteiger partial charge on any atom is 0.267 e. The van der Waals surface area contributed by atoms with Crippen molar-refractivity contribution in [2.45, 2.75) is 50.9 Å². The van der Waals surface area contributed by atoms with Crippen LogP contribution in [0.2, 0.25) is 0 Å². The van der Waals surface area contributed by atoms with Gasteiger partial charge < -0.3 is 4.90 Å². The summed E-state index contributed by atoms with van der Waals surface area (Å²) in [5, 5.41) is 5.58. The van der Waals surface area contributed by atoms with E-state index >= 15 is 0 Å². The van der Waals surface area contributed by atoms with Crippen molar-refractivity contribution in [2.24, 2.45) is 0 Å². The van der Waals surface area contributed by atoms with Crippen molar-refractivity contribution in [2.75, 3.05) is 12.3 Å². The summed E-state index contributed by atoms with van der Waals surface area (Å²) in [5.74, 6) is 2.06. The highest BCUT2D eigenvalue weighted by molar-refractivity contribution is 7.98. The Kier molecular flexibility index (Phi) is 5.13. The predicted molar refractivity (Wildman–Crippen MR) is 104 cm³/mol. The van der Waals surface area contributed by atoms with E-state index in [1.165, 1.54) is 0 Å². The Bertz CT molecular complexity index is 876. The average Bonchev–Trinajstić information content (AvgIpc) is 3.24. The van der Waals surface area contributed by atoms with Crippen molar-refractivity contribution in [3.05, 3.63) is 43.8 Å². The summed E-state index contributed by atoms with van der Waals surface area (Å²) >= 11 is 3.42. The molecule has 0 bridgehead atoms. The number of carbonyl (C=O) groups is 1. The molecule has 2 aromatic heterocycles. The van der Waals surface area contributed by atoms with Crippen LogP contribution in [-0.4, -0.2) is 43.9 Å². The zero-order valence-electron chi connectivity index (χ0n) is 14.8. The minimum absolute atomic E-state index is 0.0522. The zero-order chi connectivity index (χ0) is 18.1. The molecule has 0 saturated carbocycles.